The van der Waals surface area contributed by atoms with Gasteiger partial charge in [0.05, 0.1) is 27.8 Å². The van der Waals surface area contributed by atoms with Crippen LogP contribution in [0.3, 0.4) is 0 Å². The van der Waals surface area contributed by atoms with Crippen LogP contribution < -0.4 is 25.9 Å². The Morgan fingerprint density at radius 3 is 1.47 bits per heavy atom. The van der Waals surface area contributed by atoms with Gasteiger partial charge in [-0.2, -0.15) is 0 Å². The van der Waals surface area contributed by atoms with Crippen LogP contribution >= 0.6 is 0 Å². The molecular formula is C44H29BN2O2. The summed E-state index contributed by atoms with van der Waals surface area (Å²) in [6.07, 6.45) is 0. The monoisotopic (exact) mass is 628 g/mol. The molecule has 0 aliphatic carbocycles. The summed E-state index contributed by atoms with van der Waals surface area (Å²) in [4.78, 5) is 0. The molecule has 0 unspecified atom stereocenters. The van der Waals surface area contributed by atoms with Crippen molar-refractivity contribution in [2.45, 2.75) is 13.8 Å². The van der Waals surface area contributed by atoms with Crippen LogP contribution in [-0.2, 0) is 0 Å². The van der Waals surface area contributed by atoms with Crippen molar-refractivity contribution in [3.8, 4) is 34.4 Å². The number of hydrogen-bond acceptors (Lipinski definition) is 2. The van der Waals surface area contributed by atoms with E-state index in [1.807, 2.05) is 0 Å². The number of nitrogens with zero attached hydrogens (tertiary/aromatic N) is 2. The van der Waals surface area contributed by atoms with E-state index in [9.17, 15) is 0 Å². The van der Waals surface area contributed by atoms with Crippen LogP contribution in [0.1, 0.15) is 11.1 Å². The fraction of sp³-hybridized carbons (Fsp3) is 0.0455. The number of rotatable bonds is 2. The maximum Gasteiger partial charge on any atom is 0.260 e. The zero-order valence-electron chi connectivity index (χ0n) is 27.1. The van der Waals surface area contributed by atoms with E-state index in [2.05, 4.69) is 163 Å². The summed E-state index contributed by atoms with van der Waals surface area (Å²) in [5.74, 6) is 3.48. The number of fused-ring (bicyclic) bond motifs is 11. The van der Waals surface area contributed by atoms with Crippen molar-refractivity contribution in [2.24, 2.45) is 0 Å². The minimum absolute atomic E-state index is 0.0261. The second-order valence-corrected chi connectivity index (χ2v) is 13.5. The van der Waals surface area contributed by atoms with Gasteiger partial charge in [0.15, 0.2) is 0 Å². The fourth-order valence-electron chi connectivity index (χ4n) is 8.44. The molecule has 0 saturated carbocycles. The van der Waals surface area contributed by atoms with E-state index < -0.39 is 0 Å². The van der Waals surface area contributed by atoms with Gasteiger partial charge < -0.3 is 18.6 Å². The highest BCUT2D eigenvalue weighted by atomic mass is 16.5. The molecular weight excluding hydrogens is 599 g/mol. The zero-order valence-corrected chi connectivity index (χ0v) is 27.1. The van der Waals surface area contributed by atoms with E-state index in [-0.39, 0.29) is 6.71 Å². The average molecular weight is 629 g/mol. The van der Waals surface area contributed by atoms with E-state index in [4.69, 9.17) is 9.47 Å². The quantitative estimate of drug-likeness (QED) is 0.179. The van der Waals surface area contributed by atoms with Gasteiger partial charge in [0.2, 0.25) is 0 Å². The summed E-state index contributed by atoms with van der Waals surface area (Å²) >= 11 is 0. The lowest BCUT2D eigenvalue weighted by Crippen LogP contribution is -2.57. The molecule has 0 N–H and O–H groups in total. The zero-order chi connectivity index (χ0) is 32.4. The van der Waals surface area contributed by atoms with E-state index in [1.54, 1.807) is 0 Å². The van der Waals surface area contributed by atoms with Crippen molar-refractivity contribution in [2.75, 3.05) is 0 Å². The predicted octanol–water partition coefficient (Wildman–Crippen LogP) is 9.23. The second-order valence-electron chi connectivity index (χ2n) is 13.5. The number of aryl methyl sites for hydroxylation is 2. The van der Waals surface area contributed by atoms with E-state index in [0.717, 1.165) is 50.9 Å². The highest BCUT2D eigenvalue weighted by Crippen LogP contribution is 2.44. The van der Waals surface area contributed by atoms with Crippen LogP contribution in [0.5, 0.6) is 23.0 Å². The molecule has 11 rings (SSSR count). The third-order valence-corrected chi connectivity index (χ3v) is 10.5. The van der Waals surface area contributed by atoms with Crippen molar-refractivity contribution in [1.82, 2.24) is 9.13 Å². The highest BCUT2D eigenvalue weighted by molar-refractivity contribution is 6.98. The molecule has 5 heteroatoms. The molecule has 7 aromatic carbocycles. The van der Waals surface area contributed by atoms with Crippen molar-refractivity contribution in [1.29, 1.82) is 0 Å². The minimum atomic E-state index is 0.0261. The van der Waals surface area contributed by atoms with Crippen LogP contribution in [0.25, 0.3) is 55.0 Å². The number of ether oxygens (including phenoxy) is 2. The second kappa shape index (κ2) is 9.68. The maximum absolute atomic E-state index is 6.84. The molecule has 0 spiro atoms. The van der Waals surface area contributed by atoms with Crippen LogP contribution in [-0.4, -0.2) is 15.8 Å². The Bertz CT molecular complexity index is 2790. The Morgan fingerprint density at radius 2 is 0.918 bits per heavy atom. The van der Waals surface area contributed by atoms with E-state index in [0.29, 0.717) is 0 Å². The highest BCUT2D eigenvalue weighted by Gasteiger charge is 2.40. The summed E-state index contributed by atoms with van der Waals surface area (Å²) in [6, 6.07) is 50.3. The number of para-hydroxylation sites is 3. The first-order valence-electron chi connectivity index (χ1n) is 16.9. The van der Waals surface area contributed by atoms with Gasteiger partial charge in [0.1, 0.15) is 23.0 Å². The SMILES string of the molecule is Cc1ccc2c(c1)Oc1cc(-n3c4ccccc4c4ccc5c6ccccc6n(-c6ccccc6)c5c43)cc3c1B2c1ccc(C)cc1O3. The average Bonchev–Trinajstić information content (AvgIpc) is 3.64. The summed E-state index contributed by atoms with van der Waals surface area (Å²) < 4.78 is 18.5. The molecule has 0 saturated heterocycles. The molecule has 9 aromatic rings. The molecule has 2 aliphatic heterocycles. The van der Waals surface area contributed by atoms with Gasteiger partial charge in [0.25, 0.3) is 6.71 Å². The van der Waals surface area contributed by atoms with Crippen LogP contribution in [0.4, 0.5) is 0 Å². The summed E-state index contributed by atoms with van der Waals surface area (Å²) in [5, 5.41) is 4.86. The van der Waals surface area contributed by atoms with E-state index in [1.165, 1.54) is 54.6 Å². The summed E-state index contributed by atoms with van der Waals surface area (Å²) in [6.45, 7) is 4.27. The molecule has 49 heavy (non-hydrogen) atoms. The molecule has 0 radical (unpaired) electrons. The van der Waals surface area contributed by atoms with Gasteiger partial charge in [0, 0.05) is 44.8 Å². The molecule has 4 nitrogen and oxygen atoms in total. The van der Waals surface area contributed by atoms with Crippen LogP contribution in [0.2, 0.25) is 0 Å². The Morgan fingerprint density at radius 1 is 0.429 bits per heavy atom. The molecule has 0 atom stereocenters. The summed E-state index contributed by atoms with van der Waals surface area (Å²) in [7, 11) is 0. The van der Waals surface area contributed by atoms with Crippen LogP contribution in [0.15, 0.2) is 140 Å². The molecule has 2 aromatic heterocycles. The first-order valence-corrected chi connectivity index (χ1v) is 16.9. The Hall–Kier alpha value is -6.20. The molecule has 2 aliphatic rings. The minimum Gasteiger partial charge on any atom is -0.458 e. The molecule has 0 amide bonds. The van der Waals surface area contributed by atoms with Gasteiger partial charge in [-0.15, -0.1) is 0 Å². The van der Waals surface area contributed by atoms with Crippen molar-refractivity contribution in [3.05, 3.63) is 151 Å². The van der Waals surface area contributed by atoms with Gasteiger partial charge in [-0.05, 0) is 72.3 Å². The third kappa shape index (κ3) is 3.64. The standard InChI is InChI=1S/C44H29BN2O2/c1-26-16-20-34-38(22-26)48-40-24-29(25-41-42(40)45(34)35-21-17-27(2)23-39(35)49-41)47-37-15-9-7-13-31(37)33-19-18-32-30-12-6-8-14-36(30)46(43(32)44(33)47)28-10-4-3-5-11-28/h3-25H,1-2H3. The van der Waals surface area contributed by atoms with Gasteiger partial charge in [-0.25, -0.2) is 0 Å². The lowest BCUT2D eigenvalue weighted by atomic mass is 9.35. The third-order valence-electron chi connectivity index (χ3n) is 10.5. The van der Waals surface area contributed by atoms with Crippen LogP contribution in [0, 0.1) is 13.8 Å². The first-order chi connectivity index (χ1) is 24.1. The Kier molecular flexibility index (Phi) is 5.30. The number of aromatic nitrogens is 2. The van der Waals surface area contributed by atoms with Crippen molar-refractivity contribution in [3.63, 3.8) is 0 Å². The largest absolute Gasteiger partial charge is 0.458 e. The van der Waals surface area contributed by atoms with Crippen molar-refractivity contribution < 1.29 is 9.47 Å². The Labute approximate surface area is 283 Å². The molecule has 0 bridgehead atoms. The van der Waals surface area contributed by atoms with Gasteiger partial charge in [-0.1, -0.05) is 91.0 Å². The molecule has 4 heterocycles. The van der Waals surface area contributed by atoms with Gasteiger partial charge >= 0.3 is 0 Å². The normalized spacial score (nSPS) is 13.0. The molecule has 0 fully saturated rings. The Balaban J connectivity index is 1.28. The topological polar surface area (TPSA) is 28.3 Å². The number of hydrogen-bond donors (Lipinski definition) is 0. The van der Waals surface area contributed by atoms with E-state index >= 15 is 0 Å². The first kappa shape index (κ1) is 26.8. The smallest absolute Gasteiger partial charge is 0.260 e. The predicted molar refractivity (Wildman–Crippen MR) is 202 cm³/mol. The molecule has 230 valence electrons. The summed E-state index contributed by atoms with van der Waals surface area (Å²) in [5.41, 5.74) is 12.6. The van der Waals surface area contributed by atoms with Crippen molar-refractivity contribution >= 4 is 66.7 Å². The fourth-order valence-corrected chi connectivity index (χ4v) is 8.44. The number of benzene rings is 7. The lowest BCUT2D eigenvalue weighted by Gasteiger charge is -2.33. The maximum atomic E-state index is 6.84. The lowest BCUT2D eigenvalue weighted by molar-refractivity contribution is 0.464. The van der Waals surface area contributed by atoms with Gasteiger partial charge in [-0.3, -0.25) is 0 Å².